The van der Waals surface area contributed by atoms with Gasteiger partial charge in [0.1, 0.15) is 23.2 Å². The van der Waals surface area contributed by atoms with Crippen molar-refractivity contribution >= 4 is 39.7 Å². The third kappa shape index (κ3) is 4.76. The summed E-state index contributed by atoms with van der Waals surface area (Å²) >= 11 is 7.54. The Morgan fingerprint density at radius 1 is 1.06 bits per heavy atom. The van der Waals surface area contributed by atoms with Gasteiger partial charge in [-0.3, -0.25) is 4.79 Å². The van der Waals surface area contributed by atoms with Gasteiger partial charge in [-0.15, -0.1) is 10.2 Å². The number of carbonyl (C=O) groups excluding carboxylic acids is 1. The van der Waals surface area contributed by atoms with Crippen molar-refractivity contribution in [2.24, 2.45) is 0 Å². The largest absolute Gasteiger partial charge is 0.353 e. The number of aromatic nitrogens is 6. The third-order valence-electron chi connectivity index (χ3n) is 6.21. The zero-order valence-electron chi connectivity index (χ0n) is 19.9. The van der Waals surface area contributed by atoms with Crippen LogP contribution < -0.4 is 15.5 Å². The predicted molar refractivity (Wildman–Crippen MR) is 140 cm³/mol. The summed E-state index contributed by atoms with van der Waals surface area (Å²) in [7, 11) is 0. The molecule has 10 nitrogen and oxygen atoms in total. The van der Waals surface area contributed by atoms with Gasteiger partial charge < -0.3 is 9.80 Å². The highest BCUT2D eigenvalue weighted by molar-refractivity contribution is 7.15. The molecule has 1 aliphatic rings. The van der Waals surface area contributed by atoms with E-state index in [-0.39, 0.29) is 11.5 Å². The van der Waals surface area contributed by atoms with Crippen LogP contribution in [0.1, 0.15) is 34.8 Å². The van der Waals surface area contributed by atoms with E-state index in [4.69, 9.17) is 11.6 Å². The van der Waals surface area contributed by atoms with E-state index in [2.05, 4.69) is 30.1 Å². The number of pyridine rings is 1. The average Bonchev–Trinajstić information content (AvgIpc) is 3.51. The summed E-state index contributed by atoms with van der Waals surface area (Å²) in [5, 5.41) is 15.0. The van der Waals surface area contributed by atoms with E-state index in [1.54, 1.807) is 41.8 Å². The maximum atomic E-state index is 13.2. The van der Waals surface area contributed by atoms with Crippen LogP contribution in [0, 0.1) is 6.92 Å². The second-order valence-electron chi connectivity index (χ2n) is 8.48. The van der Waals surface area contributed by atoms with Gasteiger partial charge in [-0.1, -0.05) is 29.9 Å². The lowest BCUT2D eigenvalue weighted by atomic mass is 10.0. The Kier molecular flexibility index (Phi) is 6.84. The molecular weight excluding hydrogens is 500 g/mol. The summed E-state index contributed by atoms with van der Waals surface area (Å²) in [4.78, 5) is 35.2. The van der Waals surface area contributed by atoms with Crippen molar-refractivity contribution in [3.8, 4) is 5.69 Å². The topological polar surface area (TPSA) is 102 Å². The van der Waals surface area contributed by atoms with Crippen LogP contribution in [0.4, 0.5) is 10.9 Å². The first kappa shape index (κ1) is 24.1. The Morgan fingerprint density at radius 3 is 2.39 bits per heavy atom. The molecule has 0 N–H and O–H groups in total. The molecule has 4 heterocycles. The fourth-order valence-electron chi connectivity index (χ4n) is 4.23. The summed E-state index contributed by atoms with van der Waals surface area (Å²) in [6, 6.07) is 9.68. The first-order valence-electron chi connectivity index (χ1n) is 11.7. The van der Waals surface area contributed by atoms with Crippen LogP contribution in [0.5, 0.6) is 0 Å². The standard InChI is InChI=1S/C24H25ClN8O2S/c1-3-20(22(34)17-4-6-18(25)7-5-17)33-24(35)32(15-27-33)19-8-9-21(26-14-19)30-10-12-31(13-11-30)23-29-28-16(2)36-23/h4-9,14-15,20H,3,10-13H2,1-2H3. The van der Waals surface area contributed by atoms with E-state index in [0.717, 1.165) is 42.1 Å². The van der Waals surface area contributed by atoms with Crippen molar-refractivity contribution in [2.45, 2.75) is 26.3 Å². The average molecular weight is 525 g/mol. The van der Waals surface area contributed by atoms with Crippen molar-refractivity contribution in [2.75, 3.05) is 36.0 Å². The number of anilines is 2. The highest BCUT2D eigenvalue weighted by Crippen LogP contribution is 2.23. The number of carbonyl (C=O) groups is 1. The zero-order valence-corrected chi connectivity index (χ0v) is 21.5. The van der Waals surface area contributed by atoms with Gasteiger partial charge in [0.25, 0.3) is 0 Å². The van der Waals surface area contributed by atoms with Crippen molar-refractivity contribution in [1.29, 1.82) is 0 Å². The molecule has 0 amide bonds. The number of nitrogens with zero attached hydrogens (tertiary/aromatic N) is 8. The van der Waals surface area contributed by atoms with Gasteiger partial charge in [0.2, 0.25) is 5.13 Å². The molecule has 0 aliphatic carbocycles. The van der Waals surface area contributed by atoms with Crippen LogP contribution >= 0.6 is 22.9 Å². The highest BCUT2D eigenvalue weighted by Gasteiger charge is 2.25. The summed E-state index contributed by atoms with van der Waals surface area (Å²) < 4.78 is 2.64. The number of halogens is 1. The monoisotopic (exact) mass is 524 g/mol. The van der Waals surface area contributed by atoms with E-state index in [9.17, 15) is 9.59 Å². The second kappa shape index (κ2) is 10.2. The molecule has 1 saturated heterocycles. The Labute approximate surface area is 216 Å². The van der Waals surface area contributed by atoms with Gasteiger partial charge in [0.05, 0.1) is 11.9 Å². The molecule has 1 aliphatic heterocycles. The normalized spacial score (nSPS) is 14.8. The molecule has 12 heteroatoms. The molecule has 186 valence electrons. The lowest BCUT2D eigenvalue weighted by molar-refractivity contribution is 0.0911. The third-order valence-corrected chi connectivity index (χ3v) is 7.36. The Morgan fingerprint density at radius 2 is 1.78 bits per heavy atom. The van der Waals surface area contributed by atoms with Gasteiger partial charge >= 0.3 is 5.69 Å². The predicted octanol–water partition coefficient (Wildman–Crippen LogP) is 3.40. The van der Waals surface area contributed by atoms with Crippen molar-refractivity contribution in [1.82, 2.24) is 29.5 Å². The van der Waals surface area contributed by atoms with Crippen LogP contribution in [-0.2, 0) is 0 Å². The molecule has 4 aromatic rings. The molecule has 1 fully saturated rings. The number of hydrogen-bond acceptors (Lipinski definition) is 9. The van der Waals surface area contributed by atoms with E-state index in [1.807, 2.05) is 26.0 Å². The maximum Gasteiger partial charge on any atom is 0.351 e. The van der Waals surface area contributed by atoms with E-state index < -0.39 is 6.04 Å². The minimum Gasteiger partial charge on any atom is -0.353 e. The number of ketones is 1. The molecule has 5 rings (SSSR count). The van der Waals surface area contributed by atoms with Crippen LogP contribution in [0.2, 0.25) is 5.02 Å². The van der Waals surface area contributed by atoms with Crippen molar-refractivity contribution in [3.63, 3.8) is 0 Å². The lowest BCUT2D eigenvalue weighted by Crippen LogP contribution is -2.46. The van der Waals surface area contributed by atoms with Crippen molar-refractivity contribution in [3.05, 3.63) is 75.0 Å². The second-order valence-corrected chi connectivity index (χ2v) is 10.1. The van der Waals surface area contributed by atoms with Gasteiger partial charge in [-0.2, -0.15) is 5.10 Å². The smallest absolute Gasteiger partial charge is 0.351 e. The summed E-state index contributed by atoms with van der Waals surface area (Å²) in [5.41, 5.74) is 0.687. The minimum absolute atomic E-state index is 0.183. The van der Waals surface area contributed by atoms with Gasteiger partial charge in [-0.05, 0) is 49.7 Å². The number of hydrogen-bond donors (Lipinski definition) is 0. The van der Waals surface area contributed by atoms with Gasteiger partial charge in [0.15, 0.2) is 5.78 Å². The number of Topliss-reactive ketones (excluding diaryl/α,β-unsaturated/α-hetero) is 1. The zero-order chi connectivity index (χ0) is 25.2. The molecule has 3 aromatic heterocycles. The molecule has 1 atom stereocenters. The molecule has 0 spiro atoms. The molecule has 1 aromatic carbocycles. The first-order valence-corrected chi connectivity index (χ1v) is 12.9. The number of rotatable bonds is 7. The molecular formula is C24H25ClN8O2S. The number of aryl methyl sites for hydroxylation is 1. The SMILES string of the molecule is CCC(C(=O)c1ccc(Cl)cc1)n1ncn(-c2ccc(N3CCN(c4nnc(C)s4)CC3)nc2)c1=O. The number of benzene rings is 1. The Hall–Kier alpha value is -3.57. The molecule has 0 bridgehead atoms. The Balaban J connectivity index is 1.29. The lowest BCUT2D eigenvalue weighted by Gasteiger charge is -2.35. The van der Waals surface area contributed by atoms with E-state index in [0.29, 0.717) is 22.7 Å². The molecule has 1 unspecified atom stereocenters. The van der Waals surface area contributed by atoms with Crippen LogP contribution in [0.25, 0.3) is 5.69 Å². The quantitative estimate of drug-likeness (QED) is 0.339. The van der Waals surface area contributed by atoms with Gasteiger partial charge in [-0.25, -0.2) is 19.0 Å². The van der Waals surface area contributed by atoms with Crippen LogP contribution in [0.3, 0.4) is 0 Å². The summed E-state index contributed by atoms with van der Waals surface area (Å²) in [6.07, 6.45) is 3.52. The van der Waals surface area contributed by atoms with Crippen LogP contribution in [-0.4, -0.2) is 61.5 Å². The van der Waals surface area contributed by atoms with Gasteiger partial charge in [0, 0.05) is 36.8 Å². The van der Waals surface area contributed by atoms with E-state index in [1.165, 1.54) is 15.6 Å². The highest BCUT2D eigenvalue weighted by atomic mass is 35.5. The molecule has 0 saturated carbocycles. The van der Waals surface area contributed by atoms with E-state index >= 15 is 0 Å². The summed E-state index contributed by atoms with van der Waals surface area (Å²) in [6.45, 7) is 7.11. The fourth-order valence-corrected chi connectivity index (χ4v) is 5.10. The van der Waals surface area contributed by atoms with Crippen molar-refractivity contribution < 1.29 is 4.79 Å². The first-order chi connectivity index (χ1) is 17.4. The molecule has 36 heavy (non-hydrogen) atoms. The molecule has 0 radical (unpaired) electrons. The fraction of sp³-hybridized carbons (Fsp3) is 0.333. The minimum atomic E-state index is -0.708. The number of piperazine rings is 1. The maximum absolute atomic E-state index is 13.2. The summed E-state index contributed by atoms with van der Waals surface area (Å²) in [5.74, 6) is 0.662. The van der Waals surface area contributed by atoms with Crippen LogP contribution in [0.15, 0.2) is 53.7 Å². The Bertz CT molecular complexity index is 1410.